The Morgan fingerprint density at radius 1 is 0.113 bits per heavy atom. The molecule has 0 radical (unpaired) electrons. The van der Waals surface area contributed by atoms with Crippen molar-refractivity contribution in [2.45, 2.75) is 191 Å². The van der Waals surface area contributed by atoms with Crippen LogP contribution in [-0.2, 0) is 0 Å². The number of halogens is 62. The minimum Gasteiger partial charge on any atom is -0.200 e. The van der Waals surface area contributed by atoms with E-state index in [9.17, 15) is 272 Å². The lowest BCUT2D eigenvalue weighted by Crippen LogP contribution is -2.79. The van der Waals surface area contributed by atoms with E-state index in [-0.39, 0.29) is 0 Å². The van der Waals surface area contributed by atoms with Crippen molar-refractivity contribution in [1.82, 2.24) is 0 Å². The fourth-order valence-corrected chi connectivity index (χ4v) is 6.98. The maximum Gasteiger partial charge on any atom is 0.460 e. The first-order chi connectivity index (χ1) is 40.7. The minimum atomic E-state index is -10.5. The monoisotopic (exact) mass is 1630 g/mol. The molecule has 0 saturated carbocycles. The van der Waals surface area contributed by atoms with E-state index >= 15 is 0 Å². The molecule has 0 N–H and O–H groups in total. The normalized spacial score (nSPS) is 17.4. The van der Waals surface area contributed by atoms with Gasteiger partial charge in [0.1, 0.15) is 0 Å². The predicted molar refractivity (Wildman–Crippen MR) is 177 cm³/mol. The van der Waals surface area contributed by atoms with E-state index < -0.39 is 214 Å². The van der Waals surface area contributed by atoms with E-state index in [1.54, 1.807) is 0 Å². The summed E-state index contributed by atoms with van der Waals surface area (Å²) in [6, 6.07) is 0. The SMILES string of the molecule is FC(F)(F)C(F)(F)C(F)(F)C(F)(F)C(F)(F)C(F)(F)C(F)(F)C(F)(F)C(F)(F)C(F)(F)C(F)(F)C(F)(F)C(F)(F)C(F)(F)C(F)(F)CCSCCC(F)(F)C(F)(F)C(F)(F)C(F)(F)C(F)(F)C(F)(F)C(F)(F)C(F)(F)C(F)(F)C(F)(F)C(F)(F)C(F)(F)C(F)(F)C(F)(F)C(F)(F)F. The summed E-state index contributed by atoms with van der Waals surface area (Å²) in [5, 5.41) is 0. The quantitative estimate of drug-likeness (QED) is 0.0478. The van der Waals surface area contributed by atoms with Crippen molar-refractivity contribution in [3.63, 3.8) is 0 Å². The van der Waals surface area contributed by atoms with Crippen LogP contribution in [0.5, 0.6) is 0 Å². The second-order valence-electron chi connectivity index (χ2n) is 18.5. The lowest BCUT2D eigenvalue weighted by molar-refractivity contribution is -0.489. The Morgan fingerprint density at radius 2 is 0.196 bits per heavy atom. The maximum atomic E-state index is 14.2. The largest absolute Gasteiger partial charge is 0.460 e. The van der Waals surface area contributed by atoms with Crippen LogP contribution in [0.2, 0.25) is 0 Å². The van der Waals surface area contributed by atoms with E-state index in [1.807, 2.05) is 0 Å². The fraction of sp³-hybridized carbons (Fsp3) is 1.00. The highest BCUT2D eigenvalue weighted by Crippen LogP contribution is 2.73. The summed E-state index contributed by atoms with van der Waals surface area (Å²) < 4.78 is 853. The van der Waals surface area contributed by atoms with Crippen LogP contribution in [0.1, 0.15) is 12.8 Å². The van der Waals surface area contributed by atoms with Gasteiger partial charge in [-0.3, -0.25) is 0 Å². The van der Waals surface area contributed by atoms with Gasteiger partial charge in [0.25, 0.3) is 0 Å². The molecule has 0 aliphatic carbocycles. The Morgan fingerprint density at radius 3 is 0.289 bits per heavy atom. The molecule has 0 amide bonds. The van der Waals surface area contributed by atoms with Crippen molar-refractivity contribution in [3.05, 3.63) is 0 Å². The fourth-order valence-electron chi connectivity index (χ4n) is 5.97. The van der Waals surface area contributed by atoms with Crippen LogP contribution < -0.4 is 0 Å². The molecule has 0 fully saturated rings. The summed E-state index contributed by atoms with van der Waals surface area (Å²) >= 11 is -1.89. The lowest BCUT2D eigenvalue weighted by atomic mass is 9.83. The third-order valence-corrected chi connectivity index (χ3v) is 13.2. The molecule has 584 valence electrons. The van der Waals surface area contributed by atoms with E-state index in [4.69, 9.17) is 0 Å². The lowest BCUT2D eigenvalue weighted by Gasteiger charge is -2.46. The molecule has 0 nitrogen and oxygen atoms in total. The van der Waals surface area contributed by atoms with E-state index in [0.29, 0.717) is 0 Å². The molecule has 0 heterocycles. The summed E-state index contributed by atoms with van der Waals surface area (Å²) in [6.07, 6.45) is -25.5. The minimum absolute atomic E-state index is 1.89. The van der Waals surface area contributed by atoms with Crippen molar-refractivity contribution in [2.75, 3.05) is 11.5 Å². The van der Waals surface area contributed by atoms with Gasteiger partial charge in [-0.05, 0) is 11.5 Å². The second-order valence-corrected chi connectivity index (χ2v) is 19.7. The molecule has 0 atom stereocenters. The van der Waals surface area contributed by atoms with Crippen LogP contribution in [0.15, 0.2) is 0 Å². The van der Waals surface area contributed by atoms with Crippen molar-refractivity contribution in [1.29, 1.82) is 0 Å². The van der Waals surface area contributed by atoms with E-state index in [2.05, 4.69) is 0 Å². The van der Waals surface area contributed by atoms with E-state index in [0.717, 1.165) is 0 Å². The van der Waals surface area contributed by atoms with Crippen LogP contribution in [0.3, 0.4) is 0 Å². The van der Waals surface area contributed by atoms with Gasteiger partial charge in [-0.1, -0.05) is 0 Å². The first-order valence-electron chi connectivity index (χ1n) is 21.0. The molecule has 0 aromatic carbocycles. The van der Waals surface area contributed by atoms with Gasteiger partial charge in [-0.25, -0.2) is 0 Å². The topological polar surface area (TPSA) is 0 Å². The standard InChI is InChI=1S/C34H8F62S/c35-5(36,7(39,40)9(43,44)11(47,48)13(51,52)15(55,56)17(59,60)19(63,64)21(67,68)23(71,72)25(75,76)27(79,80)29(83,84)31(87,88)33(91,92)93)1-3-97-4-2-6(37,38)8(41,42)10(45,46)12(49,50)14(53,54)16(57,58)18(61,62)20(65,66)22(69,70)24(73,74)26(77,78)28(81,82)30(85,86)32(89,90)34(94,95)96/h1-4H2. The van der Waals surface area contributed by atoms with Gasteiger partial charge in [0, 0.05) is 12.8 Å². The third kappa shape index (κ3) is 11.2. The van der Waals surface area contributed by atoms with Crippen molar-refractivity contribution >= 4 is 11.8 Å². The molecule has 0 bridgehead atoms. The summed E-state index contributed by atoms with van der Waals surface area (Å²) in [7, 11) is 0. The van der Waals surface area contributed by atoms with Gasteiger partial charge in [-0.15, -0.1) is 0 Å². The summed E-state index contributed by atoms with van der Waals surface area (Å²) in [5.41, 5.74) is 0. The van der Waals surface area contributed by atoms with Gasteiger partial charge in [0.05, 0.1) is 0 Å². The number of hydrogen-bond acceptors (Lipinski definition) is 1. The van der Waals surface area contributed by atoms with Crippen molar-refractivity contribution in [2.24, 2.45) is 0 Å². The van der Waals surface area contributed by atoms with Gasteiger partial charge in [-0.2, -0.15) is 284 Å². The Bertz CT molecular complexity index is 2570. The molecular formula is C34H8F62S. The Labute approximate surface area is 487 Å². The molecule has 63 heteroatoms. The summed E-state index contributed by atoms with van der Waals surface area (Å²) in [4.78, 5) is 0. The number of alkyl halides is 62. The highest BCUT2D eigenvalue weighted by molar-refractivity contribution is 7.99. The average molecular weight is 1630 g/mol. The van der Waals surface area contributed by atoms with Crippen molar-refractivity contribution in [3.8, 4) is 0 Å². The Balaban J connectivity index is 7.36. The van der Waals surface area contributed by atoms with Crippen LogP contribution in [0.25, 0.3) is 0 Å². The second kappa shape index (κ2) is 23.3. The van der Waals surface area contributed by atoms with Gasteiger partial charge in [0.2, 0.25) is 0 Å². The maximum absolute atomic E-state index is 14.2. The van der Waals surface area contributed by atoms with Crippen LogP contribution in [0.4, 0.5) is 272 Å². The summed E-state index contributed by atoms with van der Waals surface area (Å²) in [5.74, 6) is -284. The number of rotatable bonds is 32. The summed E-state index contributed by atoms with van der Waals surface area (Å²) in [6.45, 7) is 0. The molecule has 0 rings (SSSR count). The third-order valence-electron chi connectivity index (χ3n) is 12.2. The zero-order chi connectivity index (χ0) is 80.5. The molecule has 0 spiro atoms. The molecule has 0 aromatic heterocycles. The first kappa shape index (κ1) is 93.0. The van der Waals surface area contributed by atoms with Gasteiger partial charge >= 0.3 is 178 Å². The van der Waals surface area contributed by atoms with E-state index in [1.165, 1.54) is 0 Å². The molecular weight excluding hydrogens is 1620 g/mol. The molecule has 0 saturated heterocycles. The van der Waals surface area contributed by atoms with Gasteiger partial charge in [0.15, 0.2) is 0 Å². The highest BCUT2D eigenvalue weighted by Gasteiger charge is 3.04. The Kier molecular flexibility index (Phi) is 22.3. The molecule has 0 aliphatic heterocycles. The van der Waals surface area contributed by atoms with Crippen molar-refractivity contribution < 1.29 is 272 Å². The molecule has 97 heavy (non-hydrogen) atoms. The Hall–Kier alpha value is -3.99. The molecule has 0 aromatic rings. The van der Waals surface area contributed by atoms with Crippen LogP contribution in [0, 0.1) is 0 Å². The molecule has 0 aliphatic rings. The average Bonchev–Trinajstić information content (AvgIpc) is 0.690. The molecule has 0 unspecified atom stereocenters. The van der Waals surface area contributed by atoms with Crippen LogP contribution >= 0.6 is 11.8 Å². The van der Waals surface area contributed by atoms with Crippen LogP contribution in [-0.4, -0.2) is 190 Å². The number of hydrogen-bond donors (Lipinski definition) is 0. The zero-order valence-electron chi connectivity index (χ0n) is 41.7. The highest BCUT2D eigenvalue weighted by atomic mass is 32.2. The first-order valence-corrected chi connectivity index (χ1v) is 22.2. The smallest absolute Gasteiger partial charge is 0.200 e. The predicted octanol–water partition coefficient (Wildman–Crippen LogP) is 21.4. The number of thioether (sulfide) groups is 1. The zero-order valence-corrected chi connectivity index (χ0v) is 42.5. The van der Waals surface area contributed by atoms with Gasteiger partial charge < -0.3 is 0 Å².